The Kier molecular flexibility index (Phi) is 6.89. The maximum atomic E-state index is 13.2. The first-order valence-corrected chi connectivity index (χ1v) is 16.7. The molecule has 0 amide bonds. The Labute approximate surface area is 262 Å². The number of ether oxygens (including phenoxy) is 1. The van der Waals surface area contributed by atoms with E-state index in [-0.39, 0.29) is 4.90 Å². The van der Waals surface area contributed by atoms with Gasteiger partial charge in [0.25, 0.3) is 10.0 Å². The largest absolute Gasteiger partial charge is 0.384 e. The normalized spacial score (nSPS) is 19.6. The number of hydrogen-bond acceptors (Lipinski definition) is 7. The number of fused-ring (bicyclic) bond motifs is 3. The molecule has 45 heavy (non-hydrogen) atoms. The first-order valence-electron chi connectivity index (χ1n) is 15.2. The van der Waals surface area contributed by atoms with Gasteiger partial charge in [-0.3, -0.25) is 4.90 Å². The summed E-state index contributed by atoms with van der Waals surface area (Å²) < 4.78 is 33.2. The van der Waals surface area contributed by atoms with E-state index in [9.17, 15) is 8.42 Å². The molecule has 1 saturated carbocycles. The fourth-order valence-electron chi connectivity index (χ4n) is 6.95. The van der Waals surface area contributed by atoms with Crippen LogP contribution >= 0.6 is 0 Å². The topological polar surface area (TPSA) is 89.3 Å². The number of piperidine rings is 1. The lowest BCUT2D eigenvalue weighted by molar-refractivity contribution is 0.160. The molecule has 1 N–H and O–H groups in total. The van der Waals surface area contributed by atoms with Crippen molar-refractivity contribution >= 4 is 43.3 Å². The minimum absolute atomic E-state index is 0.252. The van der Waals surface area contributed by atoms with Crippen LogP contribution in [0, 0.1) is 17.8 Å². The molecular weight excluding hydrogens is 582 g/mol. The lowest BCUT2D eigenvalue weighted by Gasteiger charge is -2.19. The van der Waals surface area contributed by atoms with Crippen LogP contribution in [0.4, 0.5) is 11.5 Å². The average molecular weight is 616 g/mol. The highest BCUT2D eigenvalue weighted by atomic mass is 32.2. The number of likely N-dealkylation sites (tertiary alicyclic amines) is 1. The molecule has 9 heteroatoms. The van der Waals surface area contributed by atoms with Gasteiger partial charge in [0.2, 0.25) is 0 Å². The number of nitrogens with one attached hydrogen (secondary N) is 1. The van der Waals surface area contributed by atoms with Crippen LogP contribution in [0.25, 0.3) is 32.9 Å². The van der Waals surface area contributed by atoms with Crippen LogP contribution in [0.15, 0.2) is 114 Å². The van der Waals surface area contributed by atoms with Crippen molar-refractivity contribution in [3.63, 3.8) is 0 Å². The Balaban J connectivity index is 1.01. The minimum Gasteiger partial charge on any atom is -0.384 e. The van der Waals surface area contributed by atoms with Crippen LogP contribution in [0.2, 0.25) is 0 Å². The molecule has 2 aliphatic rings. The maximum absolute atomic E-state index is 13.2. The second-order valence-corrected chi connectivity index (χ2v) is 13.9. The molecule has 8 rings (SSSR count). The van der Waals surface area contributed by atoms with Crippen LogP contribution in [0.1, 0.15) is 5.56 Å². The Morgan fingerprint density at radius 1 is 0.867 bits per heavy atom. The smallest absolute Gasteiger partial charge is 0.268 e. The molecule has 6 aromatic rings. The van der Waals surface area contributed by atoms with Crippen molar-refractivity contribution in [2.24, 2.45) is 17.8 Å². The number of rotatable bonds is 9. The van der Waals surface area contributed by atoms with Gasteiger partial charge in [-0.05, 0) is 83.0 Å². The molecule has 2 fully saturated rings. The third-order valence-electron chi connectivity index (χ3n) is 9.35. The molecule has 0 spiro atoms. The predicted molar refractivity (Wildman–Crippen MR) is 177 cm³/mol. The summed E-state index contributed by atoms with van der Waals surface area (Å²) in [5.74, 6) is 3.07. The second-order valence-electron chi connectivity index (χ2n) is 12.1. The van der Waals surface area contributed by atoms with E-state index >= 15 is 0 Å². The summed E-state index contributed by atoms with van der Waals surface area (Å²) in [6.45, 7) is 4.23. The lowest BCUT2D eigenvalue weighted by Crippen LogP contribution is -2.24. The Hall–Kier alpha value is -4.57. The van der Waals surface area contributed by atoms with E-state index in [1.165, 1.54) is 22.6 Å². The van der Waals surface area contributed by atoms with E-state index in [2.05, 4.69) is 56.6 Å². The average Bonchev–Trinajstić information content (AvgIpc) is 3.36. The highest BCUT2D eigenvalue weighted by molar-refractivity contribution is 7.90. The molecule has 226 valence electrons. The quantitative estimate of drug-likeness (QED) is 0.197. The summed E-state index contributed by atoms with van der Waals surface area (Å²) in [4.78, 5) is 11.9. The number of aromatic nitrogens is 3. The zero-order chi connectivity index (χ0) is 30.5. The van der Waals surface area contributed by atoms with Crippen LogP contribution in [-0.4, -0.2) is 54.1 Å². The molecule has 8 nitrogen and oxygen atoms in total. The zero-order valence-electron chi connectivity index (χ0n) is 24.9. The molecule has 1 saturated heterocycles. The summed E-state index contributed by atoms with van der Waals surface area (Å²) in [6, 6.07) is 31.0. The molecule has 0 bridgehead atoms. The standard InChI is InChI=1S/C36H33N5O3S/c1-44-22-33-31-20-40(21-32(31)33)19-24-7-9-25(10-8-24)26-11-13-34-30(18-26)36(38-23-37-34)39-28-12-14-35-27(17-28)15-16-41(35)45(42,43)29-5-3-2-4-6-29/h2-18,23,31-33H,19-22H2,1H3,(H,37,38,39). The summed E-state index contributed by atoms with van der Waals surface area (Å²) in [5.41, 5.74) is 5.82. The van der Waals surface area contributed by atoms with Crippen LogP contribution < -0.4 is 5.32 Å². The molecule has 4 aromatic carbocycles. The van der Waals surface area contributed by atoms with E-state index in [4.69, 9.17) is 4.74 Å². The first kappa shape index (κ1) is 27.9. The van der Waals surface area contributed by atoms with Crippen molar-refractivity contribution < 1.29 is 13.2 Å². The first-order chi connectivity index (χ1) is 22.0. The number of anilines is 2. The number of benzene rings is 4. The van der Waals surface area contributed by atoms with E-state index in [1.807, 2.05) is 30.3 Å². The summed E-state index contributed by atoms with van der Waals surface area (Å²) in [6.07, 6.45) is 3.15. The van der Waals surface area contributed by atoms with E-state index < -0.39 is 10.0 Å². The summed E-state index contributed by atoms with van der Waals surface area (Å²) >= 11 is 0. The summed E-state index contributed by atoms with van der Waals surface area (Å²) in [5, 5.41) is 5.15. The Morgan fingerprint density at radius 3 is 2.42 bits per heavy atom. The monoisotopic (exact) mass is 615 g/mol. The van der Waals surface area contributed by atoms with Crippen LogP contribution in [-0.2, 0) is 21.3 Å². The molecule has 2 unspecified atom stereocenters. The van der Waals surface area contributed by atoms with E-state index in [1.54, 1.807) is 50.0 Å². The molecule has 3 heterocycles. The fraction of sp³-hybridized carbons (Fsp3) is 0.222. The predicted octanol–water partition coefficient (Wildman–Crippen LogP) is 6.56. The lowest BCUT2D eigenvalue weighted by atomic mass is 10.0. The minimum atomic E-state index is -3.70. The summed E-state index contributed by atoms with van der Waals surface area (Å²) in [7, 11) is -1.90. The van der Waals surface area contributed by atoms with Gasteiger partial charge in [0.05, 0.1) is 15.9 Å². The van der Waals surface area contributed by atoms with Crippen molar-refractivity contribution in [2.45, 2.75) is 11.4 Å². The molecule has 2 atom stereocenters. The van der Waals surface area contributed by atoms with E-state index in [0.29, 0.717) is 11.3 Å². The van der Waals surface area contributed by atoms with Crippen LogP contribution in [0.5, 0.6) is 0 Å². The van der Waals surface area contributed by atoms with Gasteiger partial charge >= 0.3 is 0 Å². The van der Waals surface area contributed by atoms with Crippen molar-refractivity contribution in [1.29, 1.82) is 0 Å². The van der Waals surface area contributed by atoms with E-state index in [0.717, 1.165) is 64.0 Å². The molecule has 1 aliphatic carbocycles. The number of methoxy groups -OCH3 is 1. The third-order valence-corrected chi connectivity index (χ3v) is 11.1. The van der Waals surface area contributed by atoms with Crippen molar-refractivity contribution in [3.05, 3.63) is 115 Å². The van der Waals surface area contributed by atoms with Gasteiger partial charge < -0.3 is 10.1 Å². The van der Waals surface area contributed by atoms with Crippen molar-refractivity contribution in [1.82, 2.24) is 18.8 Å². The van der Waals surface area contributed by atoms with Crippen LogP contribution in [0.3, 0.4) is 0 Å². The van der Waals surface area contributed by atoms with Crippen molar-refractivity contribution in [2.75, 3.05) is 32.1 Å². The zero-order valence-corrected chi connectivity index (χ0v) is 25.7. The molecule has 0 radical (unpaired) electrons. The van der Waals surface area contributed by atoms with Gasteiger partial charge in [-0.15, -0.1) is 0 Å². The molecule has 1 aliphatic heterocycles. The second kappa shape index (κ2) is 11.1. The number of nitrogens with zero attached hydrogens (tertiary/aromatic N) is 4. The molecule has 2 aromatic heterocycles. The van der Waals surface area contributed by atoms with Gasteiger partial charge in [0.15, 0.2) is 0 Å². The Morgan fingerprint density at radius 2 is 1.64 bits per heavy atom. The van der Waals surface area contributed by atoms with Gasteiger partial charge in [0.1, 0.15) is 12.1 Å². The SMILES string of the molecule is COCC1C2CN(Cc3ccc(-c4ccc5ncnc(Nc6ccc7c(ccn7S(=O)(=O)c7ccccc7)c6)c5c4)cc3)CC12. The maximum Gasteiger partial charge on any atom is 0.268 e. The van der Waals surface area contributed by atoms with Gasteiger partial charge in [0, 0.05) is 56.0 Å². The van der Waals surface area contributed by atoms with Gasteiger partial charge in [-0.25, -0.2) is 22.4 Å². The highest BCUT2D eigenvalue weighted by Gasteiger charge is 2.55. The van der Waals surface area contributed by atoms with Crippen molar-refractivity contribution in [3.8, 4) is 11.1 Å². The van der Waals surface area contributed by atoms with Gasteiger partial charge in [-0.1, -0.05) is 48.5 Å². The third kappa shape index (κ3) is 5.16. The Bertz CT molecular complexity index is 2120. The van der Waals surface area contributed by atoms with Gasteiger partial charge in [-0.2, -0.15) is 0 Å². The number of hydrogen-bond donors (Lipinski definition) is 1. The fourth-order valence-corrected chi connectivity index (χ4v) is 8.32. The molecular formula is C36H33N5O3S. The highest BCUT2D eigenvalue weighted by Crippen LogP contribution is 2.51.